The van der Waals surface area contributed by atoms with Gasteiger partial charge in [-0.1, -0.05) is 17.8 Å². The molecule has 0 aliphatic heterocycles. The number of tetrazole rings is 1. The number of benzene rings is 2. The molecule has 7 nitrogen and oxygen atoms in total. The van der Waals surface area contributed by atoms with Gasteiger partial charge in [-0.2, -0.15) is 0 Å². The summed E-state index contributed by atoms with van der Waals surface area (Å²) in [5.74, 6) is -0.209. The van der Waals surface area contributed by atoms with Crippen LogP contribution in [-0.4, -0.2) is 31.1 Å². The van der Waals surface area contributed by atoms with Gasteiger partial charge in [-0.05, 0) is 83.9 Å². The van der Waals surface area contributed by atoms with Crippen molar-refractivity contribution in [3.8, 4) is 5.69 Å². The minimum absolute atomic E-state index is 0.209. The van der Waals surface area contributed by atoms with Crippen molar-refractivity contribution in [3.63, 3.8) is 0 Å². The molecule has 0 aliphatic rings. The number of aryl methyl sites for hydroxylation is 2. The zero-order valence-electron chi connectivity index (χ0n) is 15.9. The van der Waals surface area contributed by atoms with Crippen LogP contribution >= 0.6 is 11.8 Å². The third-order valence-electron chi connectivity index (χ3n) is 4.45. The minimum atomic E-state index is -0.209. The fraction of sp³-hybridized carbons (Fsp3) is 0.0952. The first-order valence-electron chi connectivity index (χ1n) is 8.95. The SMILES string of the molecule is Cc1ccc(Sc2ncccc2C(=O)Nc2ccc(-n3cnnn3)cc2)cc1C. The highest BCUT2D eigenvalue weighted by atomic mass is 32.2. The predicted molar refractivity (Wildman–Crippen MR) is 111 cm³/mol. The summed E-state index contributed by atoms with van der Waals surface area (Å²) >= 11 is 1.48. The molecule has 0 aliphatic carbocycles. The fourth-order valence-electron chi connectivity index (χ4n) is 2.71. The van der Waals surface area contributed by atoms with Crippen molar-refractivity contribution < 1.29 is 4.79 Å². The van der Waals surface area contributed by atoms with Gasteiger partial charge in [0.05, 0.1) is 11.3 Å². The van der Waals surface area contributed by atoms with Crippen LogP contribution in [0.3, 0.4) is 0 Å². The van der Waals surface area contributed by atoms with E-state index in [9.17, 15) is 4.79 Å². The summed E-state index contributed by atoms with van der Waals surface area (Å²) in [4.78, 5) is 18.3. The molecule has 0 spiro atoms. The number of amides is 1. The quantitative estimate of drug-likeness (QED) is 0.541. The molecular weight excluding hydrogens is 384 g/mol. The van der Waals surface area contributed by atoms with Crippen molar-refractivity contribution in [1.82, 2.24) is 25.2 Å². The van der Waals surface area contributed by atoms with Crippen molar-refractivity contribution in [2.75, 3.05) is 5.32 Å². The summed E-state index contributed by atoms with van der Waals surface area (Å²) in [6, 6.07) is 17.0. The Balaban J connectivity index is 1.52. The van der Waals surface area contributed by atoms with Gasteiger partial charge in [0.2, 0.25) is 0 Å². The van der Waals surface area contributed by atoms with Gasteiger partial charge in [-0.3, -0.25) is 4.79 Å². The summed E-state index contributed by atoms with van der Waals surface area (Å²) in [5, 5.41) is 14.7. The predicted octanol–water partition coefficient (Wildman–Crippen LogP) is 4.08. The maximum absolute atomic E-state index is 12.9. The van der Waals surface area contributed by atoms with Crippen molar-refractivity contribution in [2.45, 2.75) is 23.8 Å². The number of carbonyl (C=O) groups excluding carboxylic acids is 1. The van der Waals surface area contributed by atoms with Gasteiger partial charge in [0.25, 0.3) is 5.91 Å². The number of pyridine rings is 1. The number of nitrogens with zero attached hydrogens (tertiary/aromatic N) is 5. The Labute approximate surface area is 172 Å². The zero-order chi connectivity index (χ0) is 20.2. The van der Waals surface area contributed by atoms with Gasteiger partial charge in [0.1, 0.15) is 11.4 Å². The summed E-state index contributed by atoms with van der Waals surface area (Å²) in [7, 11) is 0. The van der Waals surface area contributed by atoms with E-state index in [0.29, 0.717) is 16.3 Å². The molecule has 4 aromatic rings. The van der Waals surface area contributed by atoms with Crippen molar-refractivity contribution in [2.24, 2.45) is 0 Å². The highest BCUT2D eigenvalue weighted by Gasteiger charge is 2.14. The first kappa shape index (κ1) is 18.8. The second kappa shape index (κ2) is 8.24. The third-order valence-corrected chi connectivity index (χ3v) is 5.46. The Morgan fingerprint density at radius 3 is 2.59 bits per heavy atom. The molecule has 2 heterocycles. The molecular formula is C21H18N6OS. The standard InChI is InChI=1S/C21H18N6OS/c1-14-5-10-18(12-15(14)2)29-21-19(4-3-11-22-21)20(28)24-16-6-8-17(9-7-16)27-13-23-25-26-27/h3-13H,1-2H3,(H,24,28). The molecule has 2 aromatic heterocycles. The van der Waals surface area contributed by atoms with Crippen molar-refractivity contribution in [3.05, 3.63) is 83.8 Å². The van der Waals surface area contributed by atoms with Crippen LogP contribution in [0.5, 0.6) is 0 Å². The second-order valence-corrected chi connectivity index (χ2v) is 7.52. The van der Waals surface area contributed by atoms with E-state index in [1.54, 1.807) is 35.1 Å². The lowest BCUT2D eigenvalue weighted by Gasteiger charge is -2.10. The van der Waals surface area contributed by atoms with Crippen LogP contribution in [0.15, 0.2) is 77.0 Å². The van der Waals surface area contributed by atoms with E-state index in [2.05, 4.69) is 51.8 Å². The number of rotatable bonds is 5. The first-order valence-corrected chi connectivity index (χ1v) is 9.77. The fourth-order valence-corrected chi connectivity index (χ4v) is 3.69. The molecule has 144 valence electrons. The zero-order valence-corrected chi connectivity index (χ0v) is 16.7. The van der Waals surface area contributed by atoms with Crippen LogP contribution < -0.4 is 5.32 Å². The monoisotopic (exact) mass is 402 g/mol. The van der Waals surface area contributed by atoms with E-state index in [1.165, 1.54) is 29.2 Å². The molecule has 0 unspecified atom stereocenters. The molecule has 0 atom stereocenters. The average Bonchev–Trinajstić information content (AvgIpc) is 3.26. The van der Waals surface area contributed by atoms with Crippen LogP contribution in [0.1, 0.15) is 21.5 Å². The maximum atomic E-state index is 12.9. The van der Waals surface area contributed by atoms with Crippen LogP contribution in [0.4, 0.5) is 5.69 Å². The summed E-state index contributed by atoms with van der Waals surface area (Å²) in [5.41, 5.74) is 4.46. The molecule has 0 saturated carbocycles. The van der Waals surface area contributed by atoms with E-state index in [1.807, 2.05) is 18.2 Å². The van der Waals surface area contributed by atoms with E-state index >= 15 is 0 Å². The Hall–Kier alpha value is -3.52. The molecule has 8 heteroatoms. The van der Waals surface area contributed by atoms with Gasteiger partial charge in [0.15, 0.2) is 0 Å². The Bertz CT molecular complexity index is 1140. The summed E-state index contributed by atoms with van der Waals surface area (Å²) in [6.07, 6.45) is 3.21. The Kier molecular flexibility index (Phi) is 5.35. The minimum Gasteiger partial charge on any atom is -0.322 e. The number of hydrogen-bond acceptors (Lipinski definition) is 6. The normalized spacial score (nSPS) is 10.7. The maximum Gasteiger partial charge on any atom is 0.258 e. The third kappa shape index (κ3) is 4.33. The van der Waals surface area contributed by atoms with Crippen LogP contribution in [0.25, 0.3) is 5.69 Å². The topological polar surface area (TPSA) is 85.6 Å². The van der Waals surface area contributed by atoms with Crippen LogP contribution in [-0.2, 0) is 0 Å². The first-order chi connectivity index (χ1) is 14.1. The van der Waals surface area contributed by atoms with Crippen molar-refractivity contribution in [1.29, 1.82) is 0 Å². The largest absolute Gasteiger partial charge is 0.322 e. The Morgan fingerprint density at radius 1 is 1.03 bits per heavy atom. The van der Waals surface area contributed by atoms with E-state index in [-0.39, 0.29) is 5.91 Å². The molecule has 0 bridgehead atoms. The molecule has 4 rings (SSSR count). The molecule has 1 N–H and O–H groups in total. The summed E-state index contributed by atoms with van der Waals surface area (Å²) in [6.45, 7) is 4.15. The lowest BCUT2D eigenvalue weighted by molar-refractivity contribution is 0.102. The molecule has 0 fully saturated rings. The van der Waals surface area contributed by atoms with E-state index in [0.717, 1.165) is 10.6 Å². The second-order valence-electron chi connectivity index (χ2n) is 6.46. The molecule has 1 amide bonds. The number of aromatic nitrogens is 5. The van der Waals surface area contributed by atoms with Gasteiger partial charge < -0.3 is 5.32 Å². The lowest BCUT2D eigenvalue weighted by atomic mass is 10.1. The number of nitrogens with one attached hydrogen (secondary N) is 1. The van der Waals surface area contributed by atoms with Crippen LogP contribution in [0.2, 0.25) is 0 Å². The highest BCUT2D eigenvalue weighted by Crippen LogP contribution is 2.30. The lowest BCUT2D eigenvalue weighted by Crippen LogP contribution is -2.13. The molecule has 2 aromatic carbocycles. The number of anilines is 1. The van der Waals surface area contributed by atoms with Crippen LogP contribution in [0, 0.1) is 13.8 Å². The number of carbonyl (C=O) groups is 1. The highest BCUT2D eigenvalue weighted by molar-refractivity contribution is 7.99. The van der Waals surface area contributed by atoms with E-state index in [4.69, 9.17) is 0 Å². The average molecular weight is 402 g/mol. The van der Waals surface area contributed by atoms with Crippen molar-refractivity contribution >= 4 is 23.4 Å². The molecule has 0 radical (unpaired) electrons. The molecule has 29 heavy (non-hydrogen) atoms. The smallest absolute Gasteiger partial charge is 0.258 e. The van der Waals surface area contributed by atoms with Gasteiger partial charge >= 0.3 is 0 Å². The van der Waals surface area contributed by atoms with Gasteiger partial charge in [-0.15, -0.1) is 5.10 Å². The van der Waals surface area contributed by atoms with Gasteiger partial charge in [0, 0.05) is 16.8 Å². The Morgan fingerprint density at radius 2 is 1.86 bits per heavy atom. The van der Waals surface area contributed by atoms with Gasteiger partial charge in [-0.25, -0.2) is 9.67 Å². The van der Waals surface area contributed by atoms with E-state index < -0.39 is 0 Å². The molecule has 0 saturated heterocycles. The number of hydrogen-bond donors (Lipinski definition) is 1. The summed E-state index contributed by atoms with van der Waals surface area (Å²) < 4.78 is 1.55.